The van der Waals surface area contributed by atoms with Crippen LogP contribution < -0.4 is 14.2 Å². The summed E-state index contributed by atoms with van der Waals surface area (Å²) in [4.78, 5) is 48.2. The highest BCUT2D eigenvalue weighted by Crippen LogP contribution is 2.35. The van der Waals surface area contributed by atoms with Crippen molar-refractivity contribution in [2.24, 2.45) is 0 Å². The standard InChI is InChI=1S/C19H18N2O11/c1-29-17-14(4-2-3-11-30-21(27)28)15(18(22)23)9-10-16(17)32-19(24)31-13-7-5-12(6-8-13)20(25)26/h5-10H,2-4,11H2,1H3,(H,22,23). The Kier molecular flexibility index (Phi) is 8.28. The molecule has 2 aromatic rings. The largest absolute Gasteiger partial charge is 0.519 e. The minimum Gasteiger partial charge on any atom is -0.493 e. The maximum atomic E-state index is 12.1. The fourth-order valence-corrected chi connectivity index (χ4v) is 2.74. The Bertz CT molecular complexity index is 1010. The van der Waals surface area contributed by atoms with Gasteiger partial charge in [0.1, 0.15) is 5.75 Å². The highest BCUT2D eigenvalue weighted by atomic mass is 16.9. The molecule has 13 heteroatoms. The molecule has 0 aliphatic carbocycles. The van der Waals surface area contributed by atoms with Crippen LogP contribution in [-0.2, 0) is 11.3 Å². The van der Waals surface area contributed by atoms with E-state index >= 15 is 0 Å². The van der Waals surface area contributed by atoms with E-state index in [4.69, 9.17) is 14.2 Å². The van der Waals surface area contributed by atoms with E-state index in [0.717, 1.165) is 12.1 Å². The van der Waals surface area contributed by atoms with Gasteiger partial charge in [0.15, 0.2) is 11.5 Å². The second kappa shape index (κ2) is 11.1. The van der Waals surface area contributed by atoms with Crippen LogP contribution in [0.25, 0.3) is 0 Å². The third kappa shape index (κ3) is 6.55. The molecule has 0 aliphatic rings. The van der Waals surface area contributed by atoms with Crippen molar-refractivity contribution in [3.05, 3.63) is 67.8 Å². The summed E-state index contributed by atoms with van der Waals surface area (Å²) in [5, 5.41) is 29.4. The number of carbonyl (C=O) groups is 2. The van der Waals surface area contributed by atoms with E-state index in [1.165, 1.54) is 31.4 Å². The summed E-state index contributed by atoms with van der Waals surface area (Å²) < 4.78 is 15.3. The lowest BCUT2D eigenvalue weighted by Crippen LogP contribution is -2.15. The molecule has 170 valence electrons. The molecule has 0 aliphatic heterocycles. The molecule has 0 saturated heterocycles. The van der Waals surface area contributed by atoms with Crippen molar-refractivity contribution in [3.63, 3.8) is 0 Å². The van der Waals surface area contributed by atoms with Gasteiger partial charge >= 0.3 is 12.1 Å². The van der Waals surface area contributed by atoms with Crippen molar-refractivity contribution in [1.82, 2.24) is 0 Å². The summed E-state index contributed by atoms with van der Waals surface area (Å²) >= 11 is 0. The minimum atomic E-state index is -1.24. The second-order valence-corrected chi connectivity index (χ2v) is 6.15. The van der Waals surface area contributed by atoms with Gasteiger partial charge in [0, 0.05) is 17.7 Å². The van der Waals surface area contributed by atoms with Gasteiger partial charge in [-0.2, -0.15) is 0 Å². The van der Waals surface area contributed by atoms with E-state index < -0.39 is 22.1 Å². The molecular formula is C19H18N2O11. The number of carboxylic acids is 1. The molecule has 0 heterocycles. The second-order valence-electron chi connectivity index (χ2n) is 6.15. The zero-order valence-corrected chi connectivity index (χ0v) is 16.7. The molecule has 2 aromatic carbocycles. The first-order valence-electron chi connectivity index (χ1n) is 9.07. The first-order chi connectivity index (χ1) is 15.2. The molecule has 0 radical (unpaired) electrons. The summed E-state index contributed by atoms with van der Waals surface area (Å²) in [6.07, 6.45) is -0.413. The van der Waals surface area contributed by atoms with Gasteiger partial charge in [-0.25, -0.2) is 9.59 Å². The number of unbranched alkanes of at least 4 members (excludes halogenated alkanes) is 1. The number of aromatic carboxylic acids is 1. The predicted molar refractivity (Wildman–Crippen MR) is 106 cm³/mol. The highest BCUT2D eigenvalue weighted by molar-refractivity contribution is 5.91. The average molecular weight is 450 g/mol. The zero-order chi connectivity index (χ0) is 23.7. The number of methoxy groups -OCH3 is 1. The maximum Gasteiger partial charge on any atom is 0.519 e. The Hall–Kier alpha value is -4.42. The number of carboxylic acid groups (broad SMARTS) is 1. The van der Waals surface area contributed by atoms with Crippen LogP contribution in [0.4, 0.5) is 10.5 Å². The minimum absolute atomic E-state index is 0.00673. The van der Waals surface area contributed by atoms with Gasteiger partial charge in [-0.3, -0.25) is 10.1 Å². The predicted octanol–water partition coefficient (Wildman–Crippen LogP) is 3.41. The third-order valence-electron chi connectivity index (χ3n) is 4.12. The molecule has 0 atom stereocenters. The summed E-state index contributed by atoms with van der Waals surface area (Å²) in [7, 11) is 1.26. The smallest absolute Gasteiger partial charge is 0.493 e. The third-order valence-corrected chi connectivity index (χ3v) is 4.12. The fourth-order valence-electron chi connectivity index (χ4n) is 2.74. The SMILES string of the molecule is COc1c(OC(=O)Oc2ccc([N+](=O)[O-])cc2)ccc(C(=O)O)c1CCCCO[N+](=O)[O-]. The lowest BCUT2D eigenvalue weighted by Gasteiger charge is -2.15. The van der Waals surface area contributed by atoms with Crippen LogP contribution in [-0.4, -0.2) is 41.0 Å². The Morgan fingerprint density at radius 3 is 2.25 bits per heavy atom. The molecule has 1 N–H and O–H groups in total. The van der Waals surface area contributed by atoms with Crippen molar-refractivity contribution in [1.29, 1.82) is 0 Å². The van der Waals surface area contributed by atoms with E-state index in [9.17, 15) is 34.9 Å². The number of nitro groups is 1. The van der Waals surface area contributed by atoms with Gasteiger partial charge in [-0.1, -0.05) is 0 Å². The van der Waals surface area contributed by atoms with Gasteiger partial charge in [-0.05, 0) is 43.5 Å². The van der Waals surface area contributed by atoms with Crippen molar-refractivity contribution in [2.75, 3.05) is 13.7 Å². The van der Waals surface area contributed by atoms with Gasteiger partial charge < -0.3 is 24.2 Å². The van der Waals surface area contributed by atoms with Crippen LogP contribution in [0.5, 0.6) is 17.2 Å². The monoisotopic (exact) mass is 450 g/mol. The molecule has 0 saturated carbocycles. The van der Waals surface area contributed by atoms with Crippen LogP contribution in [0.1, 0.15) is 28.8 Å². The quantitative estimate of drug-likeness (QED) is 0.174. The summed E-state index contributed by atoms with van der Waals surface area (Å²) in [6.45, 7) is -0.157. The molecule has 0 bridgehead atoms. The number of nitro benzene ring substituents is 1. The highest BCUT2D eigenvalue weighted by Gasteiger charge is 2.22. The first kappa shape index (κ1) is 23.9. The number of nitrogens with zero attached hydrogens (tertiary/aromatic N) is 2. The molecule has 0 amide bonds. The van der Waals surface area contributed by atoms with Crippen LogP contribution in [0.15, 0.2) is 36.4 Å². The fraction of sp³-hybridized carbons (Fsp3) is 0.263. The van der Waals surface area contributed by atoms with Crippen molar-refractivity contribution < 1.29 is 43.8 Å². The zero-order valence-electron chi connectivity index (χ0n) is 16.7. The van der Waals surface area contributed by atoms with Crippen LogP contribution in [0.2, 0.25) is 0 Å². The number of non-ortho nitro benzene ring substituents is 1. The number of benzene rings is 2. The molecule has 0 spiro atoms. The van der Waals surface area contributed by atoms with Gasteiger partial charge in [0.25, 0.3) is 10.8 Å². The van der Waals surface area contributed by atoms with Crippen LogP contribution >= 0.6 is 0 Å². The maximum absolute atomic E-state index is 12.1. The van der Waals surface area contributed by atoms with E-state index in [1.807, 2.05) is 0 Å². The molecular weight excluding hydrogens is 432 g/mol. The number of rotatable bonds is 11. The molecule has 0 unspecified atom stereocenters. The number of hydrogen-bond acceptors (Lipinski definition) is 10. The number of ether oxygens (including phenoxy) is 3. The first-order valence-corrected chi connectivity index (χ1v) is 9.07. The van der Waals surface area contributed by atoms with Crippen LogP contribution in [0.3, 0.4) is 0 Å². The van der Waals surface area contributed by atoms with Gasteiger partial charge in [0.05, 0.1) is 24.2 Å². The molecule has 0 fully saturated rings. The molecule has 13 nitrogen and oxygen atoms in total. The average Bonchev–Trinajstić information content (AvgIpc) is 2.73. The normalized spacial score (nSPS) is 10.2. The van der Waals surface area contributed by atoms with E-state index in [0.29, 0.717) is 6.42 Å². The Labute approximate surface area is 180 Å². The number of hydrogen-bond donors (Lipinski definition) is 1. The summed E-state index contributed by atoms with van der Waals surface area (Å²) in [5.74, 6) is -1.37. The Morgan fingerprint density at radius 2 is 1.69 bits per heavy atom. The number of carbonyl (C=O) groups excluding carboxylic acids is 1. The van der Waals surface area contributed by atoms with E-state index in [-0.39, 0.29) is 53.5 Å². The molecule has 32 heavy (non-hydrogen) atoms. The lowest BCUT2D eigenvalue weighted by atomic mass is 10.00. The van der Waals surface area contributed by atoms with Crippen molar-refractivity contribution in [3.8, 4) is 17.2 Å². The van der Waals surface area contributed by atoms with E-state index in [2.05, 4.69) is 4.84 Å². The molecule has 2 rings (SSSR count). The van der Waals surface area contributed by atoms with Crippen molar-refractivity contribution in [2.45, 2.75) is 19.3 Å². The van der Waals surface area contributed by atoms with Crippen molar-refractivity contribution >= 4 is 17.8 Å². The molecule has 0 aromatic heterocycles. The van der Waals surface area contributed by atoms with E-state index in [1.54, 1.807) is 0 Å². The Balaban J connectivity index is 2.15. The summed E-state index contributed by atoms with van der Waals surface area (Å²) in [6, 6.07) is 7.16. The van der Waals surface area contributed by atoms with Gasteiger partial charge in [-0.15, -0.1) is 10.1 Å². The summed E-state index contributed by atoms with van der Waals surface area (Å²) in [5.41, 5.74) is -0.0558. The topological polar surface area (TPSA) is 178 Å². The van der Waals surface area contributed by atoms with Crippen LogP contribution in [0, 0.1) is 20.2 Å². The van der Waals surface area contributed by atoms with Gasteiger partial charge in [0.2, 0.25) is 0 Å². The Morgan fingerprint density at radius 1 is 1.00 bits per heavy atom. The lowest BCUT2D eigenvalue weighted by molar-refractivity contribution is -0.757.